The number of benzene rings is 2. The number of amides is 2. The molecule has 0 aliphatic carbocycles. The molecule has 1 aliphatic heterocycles. The van der Waals surface area contributed by atoms with E-state index in [0.29, 0.717) is 29.9 Å². The van der Waals surface area contributed by atoms with E-state index in [0.717, 1.165) is 30.9 Å². The lowest BCUT2D eigenvalue weighted by molar-refractivity contribution is 0.0139. The van der Waals surface area contributed by atoms with E-state index in [4.69, 9.17) is 4.74 Å². The summed E-state index contributed by atoms with van der Waals surface area (Å²) in [7, 11) is 1.73. The first-order chi connectivity index (χ1) is 17.6. The van der Waals surface area contributed by atoms with Crippen LogP contribution in [0.3, 0.4) is 0 Å². The van der Waals surface area contributed by atoms with Crippen molar-refractivity contribution >= 4 is 17.7 Å². The molecular formula is C29H33FN4O3. The maximum atomic E-state index is 13.5. The van der Waals surface area contributed by atoms with Gasteiger partial charge in [0.1, 0.15) is 11.4 Å². The molecule has 0 spiro atoms. The molecule has 0 N–H and O–H groups in total. The number of nitrogens with zero attached hydrogens (tertiary/aromatic N) is 4. The van der Waals surface area contributed by atoms with Crippen molar-refractivity contribution in [2.75, 3.05) is 38.1 Å². The summed E-state index contributed by atoms with van der Waals surface area (Å²) in [6.45, 7) is 9.21. The molecule has 0 saturated carbocycles. The van der Waals surface area contributed by atoms with Gasteiger partial charge in [-0.05, 0) is 62.7 Å². The molecule has 0 atom stereocenters. The SMILES string of the molecule is CN(C(=O)c1ccc(-c2cccc(F)c2)nc1)c1ccc(CN2CCN(C(=O)OC(C)(C)C)CC2)cc1. The van der Waals surface area contributed by atoms with Crippen molar-refractivity contribution in [1.29, 1.82) is 0 Å². The van der Waals surface area contributed by atoms with Gasteiger partial charge in [-0.1, -0.05) is 24.3 Å². The van der Waals surface area contributed by atoms with Gasteiger partial charge in [0.05, 0.1) is 11.3 Å². The third-order valence-corrected chi connectivity index (χ3v) is 6.19. The van der Waals surface area contributed by atoms with Gasteiger partial charge in [-0.3, -0.25) is 14.7 Å². The zero-order valence-electron chi connectivity index (χ0n) is 21.8. The number of halogens is 1. The second-order valence-corrected chi connectivity index (χ2v) is 10.2. The standard InChI is InChI=1S/C29H33FN4O3/c1-29(2,3)37-28(36)34-16-14-33(15-17-34)20-21-8-11-25(12-9-21)32(4)27(35)23-10-13-26(31-19-23)22-6-5-7-24(30)18-22/h5-13,18-19H,14-17,20H2,1-4H3. The Morgan fingerprint density at radius 1 is 1.00 bits per heavy atom. The first kappa shape index (κ1) is 26.3. The van der Waals surface area contributed by atoms with Crippen molar-refractivity contribution in [3.05, 3.63) is 83.8 Å². The highest BCUT2D eigenvalue weighted by Gasteiger charge is 2.26. The molecule has 1 saturated heterocycles. The van der Waals surface area contributed by atoms with Gasteiger partial charge < -0.3 is 14.5 Å². The fraction of sp³-hybridized carbons (Fsp3) is 0.345. The van der Waals surface area contributed by atoms with Crippen LogP contribution in [0.25, 0.3) is 11.3 Å². The van der Waals surface area contributed by atoms with Crippen LogP contribution >= 0.6 is 0 Å². The normalized spacial score (nSPS) is 14.4. The summed E-state index contributed by atoms with van der Waals surface area (Å²) in [6.07, 6.45) is 1.26. The number of pyridine rings is 1. The van der Waals surface area contributed by atoms with Gasteiger partial charge in [-0.2, -0.15) is 0 Å². The minimum atomic E-state index is -0.493. The first-order valence-corrected chi connectivity index (χ1v) is 12.4. The average Bonchev–Trinajstić information content (AvgIpc) is 2.88. The maximum absolute atomic E-state index is 13.5. The zero-order chi connectivity index (χ0) is 26.6. The van der Waals surface area contributed by atoms with Crippen LogP contribution in [0.4, 0.5) is 14.9 Å². The number of aromatic nitrogens is 1. The predicted octanol–water partition coefficient (Wildman–Crippen LogP) is 5.22. The van der Waals surface area contributed by atoms with E-state index in [1.54, 1.807) is 41.1 Å². The number of carbonyl (C=O) groups is 2. The van der Waals surface area contributed by atoms with Crippen LogP contribution in [0, 0.1) is 5.82 Å². The van der Waals surface area contributed by atoms with Gasteiger partial charge >= 0.3 is 6.09 Å². The van der Waals surface area contributed by atoms with Gasteiger partial charge in [-0.15, -0.1) is 0 Å². The molecule has 8 heteroatoms. The highest BCUT2D eigenvalue weighted by molar-refractivity contribution is 6.05. The van der Waals surface area contributed by atoms with Crippen LogP contribution in [-0.4, -0.2) is 65.6 Å². The first-order valence-electron chi connectivity index (χ1n) is 12.4. The fourth-order valence-corrected chi connectivity index (χ4v) is 4.15. The van der Waals surface area contributed by atoms with Crippen molar-refractivity contribution in [1.82, 2.24) is 14.8 Å². The Hall–Kier alpha value is -3.78. The summed E-state index contributed by atoms with van der Waals surface area (Å²) in [5, 5.41) is 0. The van der Waals surface area contributed by atoms with Crippen molar-refractivity contribution in [3.8, 4) is 11.3 Å². The molecule has 1 aromatic heterocycles. The molecule has 2 aromatic carbocycles. The highest BCUT2D eigenvalue weighted by Crippen LogP contribution is 2.21. The van der Waals surface area contributed by atoms with Crippen molar-refractivity contribution in [2.45, 2.75) is 32.9 Å². The van der Waals surface area contributed by atoms with Crippen LogP contribution in [0.2, 0.25) is 0 Å². The third kappa shape index (κ3) is 6.92. The van der Waals surface area contributed by atoms with Crippen LogP contribution in [0.1, 0.15) is 36.7 Å². The Morgan fingerprint density at radius 2 is 1.70 bits per heavy atom. The Balaban J connectivity index is 1.31. The number of rotatable bonds is 5. The van der Waals surface area contributed by atoms with Crippen molar-refractivity contribution in [2.24, 2.45) is 0 Å². The summed E-state index contributed by atoms with van der Waals surface area (Å²) >= 11 is 0. The van der Waals surface area contributed by atoms with Crippen LogP contribution < -0.4 is 4.90 Å². The molecular weight excluding hydrogens is 471 g/mol. The molecule has 0 radical (unpaired) electrons. The molecule has 0 bridgehead atoms. The molecule has 4 rings (SSSR count). The van der Waals surface area contributed by atoms with E-state index in [1.807, 2.05) is 45.0 Å². The highest BCUT2D eigenvalue weighted by atomic mass is 19.1. The van der Waals surface area contributed by atoms with Gasteiger partial charge in [0.25, 0.3) is 5.91 Å². The molecule has 37 heavy (non-hydrogen) atoms. The molecule has 1 aliphatic rings. The van der Waals surface area contributed by atoms with Crippen molar-refractivity contribution in [3.63, 3.8) is 0 Å². The minimum absolute atomic E-state index is 0.177. The minimum Gasteiger partial charge on any atom is -0.444 e. The lowest BCUT2D eigenvalue weighted by Crippen LogP contribution is -2.49. The largest absolute Gasteiger partial charge is 0.444 e. The van der Waals surface area contributed by atoms with E-state index in [1.165, 1.54) is 18.3 Å². The Morgan fingerprint density at radius 3 is 2.30 bits per heavy atom. The Bertz CT molecular complexity index is 1230. The molecule has 2 amide bonds. The summed E-state index contributed by atoms with van der Waals surface area (Å²) < 4.78 is 19.0. The van der Waals surface area contributed by atoms with Crippen LogP contribution in [-0.2, 0) is 11.3 Å². The number of piperazine rings is 1. The van der Waals surface area contributed by atoms with Crippen molar-refractivity contribution < 1.29 is 18.7 Å². The number of hydrogen-bond acceptors (Lipinski definition) is 5. The lowest BCUT2D eigenvalue weighted by Gasteiger charge is -2.35. The number of ether oxygens (including phenoxy) is 1. The average molecular weight is 505 g/mol. The molecule has 0 unspecified atom stereocenters. The summed E-state index contributed by atoms with van der Waals surface area (Å²) in [5.74, 6) is -0.505. The zero-order valence-corrected chi connectivity index (χ0v) is 21.8. The summed E-state index contributed by atoms with van der Waals surface area (Å²) in [5.41, 5.74) is 3.14. The topological polar surface area (TPSA) is 66.0 Å². The van der Waals surface area contributed by atoms with E-state index in [2.05, 4.69) is 9.88 Å². The molecule has 2 heterocycles. The second-order valence-electron chi connectivity index (χ2n) is 10.2. The molecule has 1 fully saturated rings. The van der Waals surface area contributed by atoms with Crippen LogP contribution in [0.5, 0.6) is 0 Å². The van der Waals surface area contributed by atoms with Gasteiger partial charge in [0.15, 0.2) is 0 Å². The fourth-order valence-electron chi connectivity index (χ4n) is 4.15. The predicted molar refractivity (Wildman–Crippen MR) is 142 cm³/mol. The number of anilines is 1. The van der Waals surface area contributed by atoms with Gasteiger partial charge in [-0.25, -0.2) is 9.18 Å². The van der Waals surface area contributed by atoms with E-state index in [9.17, 15) is 14.0 Å². The number of hydrogen-bond donors (Lipinski definition) is 0. The Labute approximate surface area is 217 Å². The number of carbonyl (C=O) groups excluding carboxylic acids is 2. The summed E-state index contributed by atoms with van der Waals surface area (Å²) in [6, 6.07) is 17.5. The molecule has 3 aromatic rings. The van der Waals surface area contributed by atoms with E-state index < -0.39 is 5.60 Å². The smallest absolute Gasteiger partial charge is 0.410 e. The lowest BCUT2D eigenvalue weighted by atomic mass is 10.1. The third-order valence-electron chi connectivity index (χ3n) is 6.19. The molecule has 194 valence electrons. The van der Waals surface area contributed by atoms with E-state index in [-0.39, 0.29) is 17.8 Å². The summed E-state index contributed by atoms with van der Waals surface area (Å²) in [4.78, 5) is 35.3. The Kier molecular flexibility index (Phi) is 7.88. The van der Waals surface area contributed by atoms with Crippen LogP contribution in [0.15, 0.2) is 66.9 Å². The van der Waals surface area contributed by atoms with Gasteiger partial charge in [0, 0.05) is 57.2 Å². The van der Waals surface area contributed by atoms with E-state index >= 15 is 0 Å². The molecule has 7 nitrogen and oxygen atoms in total. The maximum Gasteiger partial charge on any atom is 0.410 e. The quantitative estimate of drug-likeness (QED) is 0.477. The second kappa shape index (κ2) is 11.1. The monoisotopic (exact) mass is 504 g/mol. The van der Waals surface area contributed by atoms with Gasteiger partial charge in [0.2, 0.25) is 0 Å².